The molecule has 0 aromatic carbocycles. The average molecular weight is 152 g/mol. The maximum Gasteiger partial charge on any atom is 0.137 e. The van der Waals surface area contributed by atoms with Crippen LogP contribution in [0.5, 0.6) is 0 Å². The molecular weight excluding hydrogens is 140 g/mol. The summed E-state index contributed by atoms with van der Waals surface area (Å²) >= 11 is 0. The van der Waals surface area contributed by atoms with Crippen molar-refractivity contribution < 1.29 is 5.11 Å². The molecule has 1 N–H and O–H groups in total. The van der Waals surface area contributed by atoms with E-state index in [9.17, 15) is 5.11 Å². The highest BCUT2D eigenvalue weighted by Crippen LogP contribution is 2.23. The molecule has 0 fully saturated rings. The Morgan fingerprint density at radius 1 is 1.73 bits per heavy atom. The topological polar surface area (TPSA) is 38.0 Å². The first kappa shape index (κ1) is 6.85. The van der Waals surface area contributed by atoms with Crippen molar-refractivity contribution in [3.05, 3.63) is 17.7 Å². The van der Waals surface area contributed by atoms with Gasteiger partial charge in [0.25, 0.3) is 0 Å². The minimum absolute atomic E-state index is 0.336. The van der Waals surface area contributed by atoms with Crippen LogP contribution in [0.2, 0.25) is 0 Å². The van der Waals surface area contributed by atoms with Gasteiger partial charge in [-0.1, -0.05) is 0 Å². The Morgan fingerprint density at radius 3 is 3.27 bits per heavy atom. The number of hydrogen-bond donors (Lipinski definition) is 1. The molecule has 2 heterocycles. The molecule has 1 aliphatic rings. The van der Waals surface area contributed by atoms with Crippen LogP contribution in [-0.4, -0.2) is 14.7 Å². The van der Waals surface area contributed by atoms with Gasteiger partial charge in [0, 0.05) is 12.7 Å². The Hall–Kier alpha value is -0.830. The largest absolute Gasteiger partial charge is 0.385 e. The van der Waals surface area contributed by atoms with Crippen LogP contribution >= 0.6 is 0 Å². The Labute approximate surface area is 65.7 Å². The van der Waals surface area contributed by atoms with E-state index in [-0.39, 0.29) is 6.10 Å². The summed E-state index contributed by atoms with van der Waals surface area (Å²) in [7, 11) is 0. The average Bonchev–Trinajstić information content (AvgIpc) is 2.31. The summed E-state index contributed by atoms with van der Waals surface area (Å²) in [4.78, 5) is 4.25. The van der Waals surface area contributed by atoms with Crippen molar-refractivity contribution in [3.63, 3.8) is 0 Å². The van der Waals surface area contributed by atoms with Crippen LogP contribution in [0.3, 0.4) is 0 Å². The molecule has 1 aliphatic heterocycles. The zero-order valence-corrected chi connectivity index (χ0v) is 6.62. The fourth-order valence-corrected chi connectivity index (χ4v) is 1.59. The van der Waals surface area contributed by atoms with Gasteiger partial charge in [0.05, 0.1) is 5.69 Å². The highest BCUT2D eigenvalue weighted by atomic mass is 16.3. The van der Waals surface area contributed by atoms with Crippen LogP contribution in [-0.2, 0) is 6.54 Å². The summed E-state index contributed by atoms with van der Waals surface area (Å²) in [5, 5.41) is 9.49. The van der Waals surface area contributed by atoms with Gasteiger partial charge >= 0.3 is 0 Å². The number of rotatable bonds is 0. The minimum atomic E-state index is -0.336. The summed E-state index contributed by atoms with van der Waals surface area (Å²) in [5.74, 6) is 0.841. The quantitative estimate of drug-likeness (QED) is 0.602. The molecule has 2 rings (SSSR count). The fourth-order valence-electron chi connectivity index (χ4n) is 1.59. The smallest absolute Gasteiger partial charge is 0.137 e. The van der Waals surface area contributed by atoms with E-state index in [0.717, 1.165) is 30.9 Å². The van der Waals surface area contributed by atoms with E-state index in [0.29, 0.717) is 0 Å². The summed E-state index contributed by atoms with van der Waals surface area (Å²) in [6.45, 7) is 2.96. The van der Waals surface area contributed by atoms with Gasteiger partial charge in [-0.3, -0.25) is 0 Å². The lowest BCUT2D eigenvalue weighted by Gasteiger charge is -2.18. The van der Waals surface area contributed by atoms with E-state index in [2.05, 4.69) is 4.98 Å². The highest BCUT2D eigenvalue weighted by Gasteiger charge is 2.19. The molecule has 0 radical (unpaired) electrons. The second kappa shape index (κ2) is 2.34. The van der Waals surface area contributed by atoms with Crippen molar-refractivity contribution in [1.82, 2.24) is 9.55 Å². The molecular formula is C8H12N2O. The van der Waals surface area contributed by atoms with Gasteiger partial charge in [-0.2, -0.15) is 0 Å². The van der Waals surface area contributed by atoms with Crippen LogP contribution in [0.25, 0.3) is 0 Å². The number of aromatic nitrogens is 2. The standard InChI is InChI=1S/C8H12N2O/c1-6-5-10-4-2-3-7(11)8(10)9-6/h5,7,11H,2-4H2,1H3/t7-/m1/s1. The molecule has 1 atom stereocenters. The van der Waals surface area contributed by atoms with Gasteiger partial charge in [0.15, 0.2) is 0 Å². The lowest BCUT2D eigenvalue weighted by atomic mass is 10.1. The van der Waals surface area contributed by atoms with E-state index in [1.165, 1.54) is 0 Å². The maximum atomic E-state index is 9.49. The molecule has 0 spiro atoms. The van der Waals surface area contributed by atoms with Gasteiger partial charge in [0.2, 0.25) is 0 Å². The molecule has 1 aromatic heterocycles. The van der Waals surface area contributed by atoms with E-state index >= 15 is 0 Å². The number of nitrogens with zero attached hydrogens (tertiary/aromatic N) is 2. The number of aliphatic hydroxyl groups is 1. The zero-order valence-electron chi connectivity index (χ0n) is 6.62. The molecule has 3 heteroatoms. The number of aryl methyl sites for hydroxylation is 2. The van der Waals surface area contributed by atoms with Crippen LogP contribution in [0.15, 0.2) is 6.20 Å². The van der Waals surface area contributed by atoms with Gasteiger partial charge in [-0.25, -0.2) is 4.98 Å². The SMILES string of the molecule is Cc1cn2c(n1)[C@H](O)CCC2. The van der Waals surface area contributed by atoms with Gasteiger partial charge < -0.3 is 9.67 Å². The van der Waals surface area contributed by atoms with Crippen molar-refractivity contribution in [2.45, 2.75) is 32.4 Å². The first-order valence-electron chi connectivity index (χ1n) is 3.99. The molecule has 1 aromatic rings. The van der Waals surface area contributed by atoms with Crippen molar-refractivity contribution >= 4 is 0 Å². The van der Waals surface area contributed by atoms with Gasteiger partial charge in [-0.05, 0) is 19.8 Å². The molecule has 0 saturated heterocycles. The second-order valence-corrected chi connectivity index (χ2v) is 3.09. The van der Waals surface area contributed by atoms with Crippen LogP contribution in [0.1, 0.15) is 30.5 Å². The summed E-state index contributed by atoms with van der Waals surface area (Å²) in [6, 6.07) is 0. The van der Waals surface area contributed by atoms with Crippen molar-refractivity contribution in [3.8, 4) is 0 Å². The number of imidazole rings is 1. The summed E-state index contributed by atoms with van der Waals surface area (Å²) < 4.78 is 2.05. The first-order valence-corrected chi connectivity index (χ1v) is 3.99. The van der Waals surface area contributed by atoms with Crippen LogP contribution in [0, 0.1) is 6.92 Å². The van der Waals surface area contributed by atoms with Crippen molar-refractivity contribution in [1.29, 1.82) is 0 Å². The Balaban J connectivity index is 2.43. The maximum absolute atomic E-state index is 9.49. The Morgan fingerprint density at radius 2 is 2.55 bits per heavy atom. The normalized spacial score (nSPS) is 23.3. The van der Waals surface area contributed by atoms with E-state index in [1.54, 1.807) is 0 Å². The monoisotopic (exact) mass is 152 g/mol. The van der Waals surface area contributed by atoms with Crippen LogP contribution < -0.4 is 0 Å². The Bertz CT molecular complexity index is 267. The predicted octanol–water partition coefficient (Wildman–Crippen LogP) is 1.02. The summed E-state index contributed by atoms with van der Waals surface area (Å²) in [6.07, 6.45) is 3.58. The molecule has 0 aliphatic carbocycles. The third kappa shape index (κ3) is 1.05. The van der Waals surface area contributed by atoms with Crippen molar-refractivity contribution in [2.24, 2.45) is 0 Å². The molecule has 0 unspecified atom stereocenters. The van der Waals surface area contributed by atoms with E-state index < -0.39 is 0 Å². The minimum Gasteiger partial charge on any atom is -0.385 e. The van der Waals surface area contributed by atoms with Crippen molar-refractivity contribution in [2.75, 3.05) is 0 Å². The van der Waals surface area contributed by atoms with Gasteiger partial charge in [0.1, 0.15) is 11.9 Å². The third-order valence-electron chi connectivity index (χ3n) is 2.10. The highest BCUT2D eigenvalue weighted by molar-refractivity contribution is 5.06. The first-order chi connectivity index (χ1) is 5.27. The molecule has 0 saturated carbocycles. The van der Waals surface area contributed by atoms with Gasteiger partial charge in [-0.15, -0.1) is 0 Å². The molecule has 0 amide bonds. The molecule has 60 valence electrons. The number of hydrogen-bond acceptors (Lipinski definition) is 2. The lowest BCUT2D eigenvalue weighted by Crippen LogP contribution is -2.14. The summed E-state index contributed by atoms with van der Waals surface area (Å²) in [5.41, 5.74) is 1.00. The zero-order chi connectivity index (χ0) is 7.84. The van der Waals surface area contributed by atoms with E-state index in [4.69, 9.17) is 0 Å². The Kier molecular flexibility index (Phi) is 1.46. The molecule has 3 nitrogen and oxygen atoms in total. The third-order valence-corrected chi connectivity index (χ3v) is 2.10. The second-order valence-electron chi connectivity index (χ2n) is 3.09. The number of fused-ring (bicyclic) bond motifs is 1. The van der Waals surface area contributed by atoms with E-state index in [1.807, 2.05) is 17.7 Å². The fraction of sp³-hybridized carbons (Fsp3) is 0.625. The number of aliphatic hydroxyl groups excluding tert-OH is 1. The molecule has 0 bridgehead atoms. The predicted molar refractivity (Wildman–Crippen MR) is 41.2 cm³/mol. The van der Waals surface area contributed by atoms with Crippen LogP contribution in [0.4, 0.5) is 0 Å². The lowest BCUT2D eigenvalue weighted by molar-refractivity contribution is 0.133. The molecule has 11 heavy (non-hydrogen) atoms.